The molecule has 0 aliphatic heterocycles. The van der Waals surface area contributed by atoms with Crippen molar-refractivity contribution >= 4 is 46.9 Å². The van der Waals surface area contributed by atoms with E-state index in [-0.39, 0.29) is 39.6 Å². The van der Waals surface area contributed by atoms with Crippen LogP contribution in [-0.4, -0.2) is 35.3 Å². The minimum atomic E-state index is -0.949. The Hall–Kier alpha value is -3.42. The van der Waals surface area contributed by atoms with E-state index in [1.807, 2.05) is 12.2 Å². The van der Waals surface area contributed by atoms with Crippen LogP contribution in [0.2, 0.25) is 10.0 Å². The van der Waals surface area contributed by atoms with Gasteiger partial charge in [0.25, 0.3) is 11.5 Å². The van der Waals surface area contributed by atoms with Gasteiger partial charge in [-0.05, 0) is 37.3 Å². The molecule has 1 unspecified atom stereocenters. The van der Waals surface area contributed by atoms with Crippen molar-refractivity contribution in [3.63, 3.8) is 0 Å². The Morgan fingerprint density at radius 2 is 2.16 bits per heavy atom. The molecule has 1 aromatic heterocycles. The number of halogens is 2. The number of nitrogens with zero attached hydrogens (tertiary/aromatic N) is 4. The predicted octanol–water partition coefficient (Wildman–Crippen LogP) is 2.90. The van der Waals surface area contributed by atoms with Crippen molar-refractivity contribution in [1.29, 1.82) is 5.26 Å². The highest BCUT2D eigenvalue weighted by Crippen LogP contribution is 2.42. The Balaban J connectivity index is 1.92. The van der Waals surface area contributed by atoms with Gasteiger partial charge in [-0.1, -0.05) is 30.1 Å². The molecular weight excluding hydrogens is 459 g/mol. The standard InChI is InChI=1S/C20H18Cl2N6O4/c1-3-10-4-5-12-16(10)19(31)25-26-20(12)32-17-13(21)6-11(7-14(17)22)28(2)27-15(8-23)18(30)24-9-29/h6-7,9-10H,3-5H2,1-2H3,(H,25,31)(H,24,29,30)/b27-15-. The van der Waals surface area contributed by atoms with Crippen molar-refractivity contribution in [2.24, 2.45) is 5.10 Å². The van der Waals surface area contributed by atoms with Crippen molar-refractivity contribution in [2.75, 3.05) is 12.1 Å². The summed E-state index contributed by atoms with van der Waals surface area (Å²) in [5.74, 6) is -0.439. The summed E-state index contributed by atoms with van der Waals surface area (Å²) in [6.07, 6.45) is 2.47. The quantitative estimate of drug-likeness (QED) is 0.355. The molecule has 2 N–H and O–H groups in total. The molecule has 1 heterocycles. The van der Waals surface area contributed by atoms with Crippen molar-refractivity contribution in [2.45, 2.75) is 32.1 Å². The van der Waals surface area contributed by atoms with E-state index in [9.17, 15) is 14.4 Å². The van der Waals surface area contributed by atoms with E-state index in [2.05, 4.69) is 15.3 Å². The number of carbonyl (C=O) groups excluding carboxylic acids is 2. The fourth-order valence-corrected chi connectivity index (χ4v) is 4.04. The third kappa shape index (κ3) is 4.59. The lowest BCUT2D eigenvalue weighted by Crippen LogP contribution is -2.30. The number of nitriles is 1. The van der Waals surface area contributed by atoms with Crippen LogP contribution >= 0.6 is 23.2 Å². The first-order valence-corrected chi connectivity index (χ1v) is 10.3. The van der Waals surface area contributed by atoms with Gasteiger partial charge >= 0.3 is 0 Å². The molecule has 10 nitrogen and oxygen atoms in total. The number of hydrogen-bond donors (Lipinski definition) is 2. The van der Waals surface area contributed by atoms with Gasteiger partial charge in [-0.15, -0.1) is 5.10 Å². The van der Waals surface area contributed by atoms with Crippen molar-refractivity contribution in [3.8, 4) is 17.7 Å². The highest BCUT2D eigenvalue weighted by atomic mass is 35.5. The van der Waals surface area contributed by atoms with Gasteiger partial charge in [-0.2, -0.15) is 10.4 Å². The SMILES string of the molecule is CCC1CCc2c(Oc3c(Cl)cc(N(C)/N=C(/C#N)C(=O)NC=O)cc3Cl)n[nH]c(=O)c21. The Bertz CT molecular complexity index is 1180. The zero-order valence-electron chi connectivity index (χ0n) is 17.1. The number of nitrogens with one attached hydrogen (secondary N) is 2. The molecule has 2 aromatic rings. The lowest BCUT2D eigenvalue weighted by molar-refractivity contribution is -0.120. The average Bonchev–Trinajstić information content (AvgIpc) is 3.21. The number of aromatic amines is 1. The van der Waals surface area contributed by atoms with Gasteiger partial charge in [0.15, 0.2) is 5.75 Å². The van der Waals surface area contributed by atoms with Gasteiger partial charge in [0, 0.05) is 18.2 Å². The molecule has 3 rings (SSSR count). The first-order valence-electron chi connectivity index (χ1n) is 9.55. The number of hydrazone groups is 1. The Morgan fingerprint density at radius 1 is 1.47 bits per heavy atom. The Morgan fingerprint density at radius 3 is 2.75 bits per heavy atom. The molecule has 1 atom stereocenters. The van der Waals surface area contributed by atoms with Crippen LogP contribution in [0, 0.1) is 11.3 Å². The summed E-state index contributed by atoms with van der Waals surface area (Å²) in [6.45, 7) is 2.02. The van der Waals surface area contributed by atoms with E-state index in [0.717, 1.165) is 18.4 Å². The van der Waals surface area contributed by atoms with Crippen molar-refractivity contribution in [3.05, 3.63) is 43.7 Å². The van der Waals surface area contributed by atoms with Crippen LogP contribution in [0.25, 0.3) is 0 Å². The fourth-order valence-electron chi connectivity index (χ4n) is 3.49. The van der Waals surface area contributed by atoms with Crippen LogP contribution in [0.4, 0.5) is 5.69 Å². The number of aromatic nitrogens is 2. The highest BCUT2D eigenvalue weighted by molar-refractivity contribution is 6.46. The second-order valence-corrected chi connectivity index (χ2v) is 7.72. The third-order valence-electron chi connectivity index (χ3n) is 5.05. The molecule has 1 aliphatic carbocycles. The van der Waals surface area contributed by atoms with E-state index >= 15 is 0 Å². The predicted molar refractivity (Wildman–Crippen MR) is 118 cm³/mol. The first kappa shape index (κ1) is 23.2. The number of amides is 2. The molecule has 0 saturated heterocycles. The summed E-state index contributed by atoms with van der Waals surface area (Å²) in [5, 5.41) is 22.7. The summed E-state index contributed by atoms with van der Waals surface area (Å²) in [6, 6.07) is 4.55. The summed E-state index contributed by atoms with van der Waals surface area (Å²) < 4.78 is 5.88. The second kappa shape index (κ2) is 9.80. The van der Waals surface area contributed by atoms with Crippen LogP contribution < -0.4 is 20.6 Å². The van der Waals surface area contributed by atoms with Crippen LogP contribution in [0.3, 0.4) is 0 Å². The fraction of sp³-hybridized carbons (Fsp3) is 0.300. The molecule has 0 fully saturated rings. The zero-order valence-corrected chi connectivity index (χ0v) is 18.6. The second-order valence-electron chi connectivity index (χ2n) is 6.91. The summed E-state index contributed by atoms with van der Waals surface area (Å²) in [7, 11) is 1.47. The summed E-state index contributed by atoms with van der Waals surface area (Å²) >= 11 is 12.7. The Labute approximate surface area is 192 Å². The van der Waals surface area contributed by atoms with E-state index in [0.29, 0.717) is 17.7 Å². The number of ether oxygens (including phenoxy) is 1. The smallest absolute Gasteiger partial charge is 0.288 e. The topological polar surface area (TPSA) is 141 Å². The maximum absolute atomic E-state index is 12.2. The summed E-state index contributed by atoms with van der Waals surface area (Å²) in [4.78, 5) is 34.3. The minimum absolute atomic E-state index is 0.122. The van der Waals surface area contributed by atoms with Crippen LogP contribution in [0.15, 0.2) is 22.0 Å². The Kier molecular flexibility index (Phi) is 7.12. The number of hydrogen-bond acceptors (Lipinski definition) is 8. The van der Waals surface area contributed by atoms with Crippen LogP contribution in [0.1, 0.15) is 36.8 Å². The van der Waals surface area contributed by atoms with Crippen molar-refractivity contribution < 1.29 is 14.3 Å². The van der Waals surface area contributed by atoms with Gasteiger partial charge in [-0.3, -0.25) is 24.7 Å². The van der Waals surface area contributed by atoms with Gasteiger partial charge in [-0.25, -0.2) is 5.10 Å². The van der Waals surface area contributed by atoms with Gasteiger partial charge in [0.05, 0.1) is 15.7 Å². The average molecular weight is 477 g/mol. The maximum Gasteiger partial charge on any atom is 0.288 e. The van der Waals surface area contributed by atoms with Crippen LogP contribution in [0.5, 0.6) is 11.6 Å². The maximum atomic E-state index is 12.2. The third-order valence-corrected chi connectivity index (χ3v) is 5.61. The molecule has 2 amide bonds. The summed E-state index contributed by atoms with van der Waals surface area (Å²) in [5.41, 5.74) is 0.998. The van der Waals surface area contributed by atoms with Crippen molar-refractivity contribution in [1.82, 2.24) is 15.5 Å². The molecule has 1 aliphatic rings. The molecule has 0 saturated carbocycles. The molecule has 0 spiro atoms. The monoisotopic (exact) mass is 476 g/mol. The van der Waals surface area contributed by atoms with E-state index in [1.54, 1.807) is 6.07 Å². The number of anilines is 1. The first-order chi connectivity index (χ1) is 15.3. The van der Waals surface area contributed by atoms with Gasteiger partial charge < -0.3 is 4.74 Å². The number of benzene rings is 1. The molecule has 32 heavy (non-hydrogen) atoms. The number of H-pyrrole nitrogens is 1. The molecule has 1 aromatic carbocycles. The van der Waals surface area contributed by atoms with Gasteiger partial charge in [0.1, 0.15) is 6.07 Å². The lowest BCUT2D eigenvalue weighted by atomic mass is 10.0. The number of imide groups is 1. The van der Waals surface area contributed by atoms with Gasteiger partial charge in [0.2, 0.25) is 18.0 Å². The number of rotatable bonds is 7. The highest BCUT2D eigenvalue weighted by Gasteiger charge is 2.29. The molecule has 0 radical (unpaired) electrons. The normalized spacial score (nSPS) is 15.0. The minimum Gasteiger partial charge on any atom is -0.434 e. The van der Waals surface area contributed by atoms with E-state index in [1.165, 1.54) is 24.2 Å². The van der Waals surface area contributed by atoms with E-state index < -0.39 is 11.6 Å². The molecule has 0 bridgehead atoms. The number of fused-ring (bicyclic) bond motifs is 1. The lowest BCUT2D eigenvalue weighted by Gasteiger charge is -2.17. The largest absolute Gasteiger partial charge is 0.434 e. The van der Waals surface area contributed by atoms with E-state index in [4.69, 9.17) is 33.2 Å². The number of carbonyl (C=O) groups is 2. The molecule has 166 valence electrons. The molecule has 12 heteroatoms. The molecular formula is C20H18Cl2N6O4. The van der Waals surface area contributed by atoms with Crippen LogP contribution in [-0.2, 0) is 16.0 Å². The zero-order chi connectivity index (χ0) is 23.4.